The number of rotatable bonds is 6. The van der Waals surface area contributed by atoms with Crippen molar-refractivity contribution in [3.05, 3.63) is 58.2 Å². The number of hydrogen-bond donors (Lipinski definition) is 0. The van der Waals surface area contributed by atoms with Gasteiger partial charge < -0.3 is 7.41 Å². The maximum Gasteiger partial charge on any atom is 0.639 e. The summed E-state index contributed by atoms with van der Waals surface area (Å²) < 4.78 is 142. The molecule has 2 aromatic carbocycles. The number of hydrogen-bond acceptors (Lipinski definition) is 2. The molecule has 0 fully saturated rings. The normalized spacial score (nSPS) is 11.0. The zero-order valence-corrected chi connectivity index (χ0v) is 14.7. The fourth-order valence-corrected chi connectivity index (χ4v) is 2.90. The first-order valence-corrected chi connectivity index (χ1v) is 9.32. The van der Waals surface area contributed by atoms with E-state index in [0.29, 0.717) is 0 Å². The minimum Gasteiger partial charge on any atom is -0.545 e. The van der Waals surface area contributed by atoms with E-state index in [4.69, 9.17) is 7.41 Å². The molecular weight excluding hydrogens is 427 g/mol. The van der Waals surface area contributed by atoms with Gasteiger partial charge in [-0.1, -0.05) is 5.79 Å². The Kier molecular flexibility index (Phi) is 7.08. The van der Waals surface area contributed by atoms with E-state index >= 15 is 0 Å². The standard InChI is InChI=1S/2C6HBF5O.CH3.Al/c2*8-2-1(7-13)3(9)5(11)6(12)4(2)10;;/h2*7H;1H3;/q2*-1;;+2. The van der Waals surface area contributed by atoms with Gasteiger partial charge in [0.2, 0.25) is 0 Å². The lowest BCUT2D eigenvalue weighted by atomic mass is 9.87. The van der Waals surface area contributed by atoms with Crippen molar-refractivity contribution in [3.8, 4) is 0 Å². The second-order valence-corrected chi connectivity index (χ2v) is 7.09. The maximum absolute atomic E-state index is 13.5. The average molecular weight is 432 g/mol. The van der Waals surface area contributed by atoms with Crippen molar-refractivity contribution >= 4 is 40.7 Å². The lowest BCUT2D eigenvalue weighted by Gasteiger charge is -2.13. The van der Waals surface area contributed by atoms with Crippen LogP contribution in [0.3, 0.4) is 0 Å². The molecule has 0 N–H and O–H groups in total. The lowest BCUT2D eigenvalue weighted by Crippen LogP contribution is -2.37. The quantitative estimate of drug-likeness (QED) is 0.301. The van der Waals surface area contributed by atoms with Crippen LogP contribution in [0, 0.1) is 58.2 Å². The van der Waals surface area contributed by atoms with Crippen LogP contribution >= 0.6 is 0 Å². The smallest absolute Gasteiger partial charge is 0.545 e. The topological polar surface area (TPSA) is 18.5 Å². The van der Waals surface area contributed by atoms with Gasteiger partial charge in [-0.15, -0.1) is 0 Å². The molecular formula is C13H5AlB2F10O2. The van der Waals surface area contributed by atoms with Crippen molar-refractivity contribution in [1.29, 1.82) is 0 Å². The fraction of sp³-hybridized carbons (Fsp3) is 0.0769. The van der Waals surface area contributed by atoms with Crippen LogP contribution in [0.25, 0.3) is 0 Å². The molecule has 2 aromatic rings. The Morgan fingerprint density at radius 3 is 0.929 bits per heavy atom. The van der Waals surface area contributed by atoms with Gasteiger partial charge in [0.05, 0.1) is 0 Å². The first-order chi connectivity index (χ1) is 13.0. The van der Waals surface area contributed by atoms with Crippen LogP contribution in [0.5, 0.6) is 0 Å². The third-order valence-corrected chi connectivity index (χ3v) is 4.80. The lowest BCUT2D eigenvalue weighted by molar-refractivity contribution is 0.381. The largest absolute Gasteiger partial charge is 0.639 e. The van der Waals surface area contributed by atoms with Gasteiger partial charge in [0.1, 0.15) is 0 Å². The molecule has 0 amide bonds. The first-order valence-electron chi connectivity index (χ1n) is 7.22. The second-order valence-electron chi connectivity index (χ2n) is 5.29. The molecule has 0 bridgehead atoms. The average Bonchev–Trinajstić information content (AvgIpc) is 2.67. The van der Waals surface area contributed by atoms with Crippen LogP contribution < -0.4 is 10.9 Å². The molecule has 0 spiro atoms. The van der Waals surface area contributed by atoms with E-state index in [1.807, 2.05) is 0 Å². The van der Waals surface area contributed by atoms with Crippen LogP contribution in [-0.2, 0) is 7.41 Å². The zero-order valence-electron chi connectivity index (χ0n) is 13.6. The van der Waals surface area contributed by atoms with Gasteiger partial charge in [-0.25, -0.2) is 43.9 Å². The highest BCUT2D eigenvalue weighted by molar-refractivity contribution is 6.64. The van der Waals surface area contributed by atoms with Gasteiger partial charge in [0, 0.05) is 10.9 Å². The zero-order chi connectivity index (χ0) is 21.3. The molecule has 148 valence electrons. The molecule has 0 aliphatic rings. The molecule has 0 heterocycles. The molecule has 2 rings (SSSR count). The summed E-state index contributed by atoms with van der Waals surface area (Å²) in [6, 6.07) is 0. The fourth-order valence-electron chi connectivity index (χ4n) is 2.00. The van der Waals surface area contributed by atoms with Crippen molar-refractivity contribution in [2.75, 3.05) is 0 Å². The van der Waals surface area contributed by atoms with Crippen LogP contribution in [-0.4, -0.2) is 29.8 Å². The molecule has 0 saturated heterocycles. The van der Waals surface area contributed by atoms with E-state index in [-0.39, 0.29) is 0 Å². The van der Waals surface area contributed by atoms with Gasteiger partial charge in [0.25, 0.3) is 15.0 Å². The highest BCUT2D eigenvalue weighted by Crippen LogP contribution is 2.17. The summed E-state index contributed by atoms with van der Waals surface area (Å²) in [5, 5.41) is 0. The molecule has 0 aromatic heterocycles. The minimum absolute atomic E-state index is 1.12. The van der Waals surface area contributed by atoms with Crippen molar-refractivity contribution in [3.63, 3.8) is 0 Å². The summed E-state index contributed by atoms with van der Waals surface area (Å²) in [5.41, 5.74) is -2.62. The van der Waals surface area contributed by atoms with Gasteiger partial charge in [-0.2, -0.15) is 0 Å². The van der Waals surface area contributed by atoms with Gasteiger partial charge >= 0.3 is 14.8 Å². The molecule has 0 aliphatic carbocycles. The van der Waals surface area contributed by atoms with Crippen molar-refractivity contribution in [1.82, 2.24) is 0 Å². The highest BCUT2D eigenvalue weighted by Gasteiger charge is 2.30. The maximum atomic E-state index is 13.5. The van der Waals surface area contributed by atoms with Crippen LogP contribution in [0.15, 0.2) is 0 Å². The summed E-state index contributed by atoms with van der Waals surface area (Å²) in [5.74, 6) is -21.0. The predicted molar refractivity (Wildman–Crippen MR) is 79.8 cm³/mol. The third-order valence-electron chi connectivity index (χ3n) is 3.53. The summed E-state index contributed by atoms with van der Waals surface area (Å²) in [6.07, 6.45) is 0. The second kappa shape index (κ2) is 8.77. The summed E-state index contributed by atoms with van der Waals surface area (Å²) in [6.45, 7) is 0. The molecule has 0 unspecified atom stereocenters. The van der Waals surface area contributed by atoms with E-state index in [9.17, 15) is 43.9 Å². The predicted octanol–water partition coefficient (Wildman–Crippen LogP) is 1.88. The van der Waals surface area contributed by atoms with E-state index < -0.39 is 98.9 Å². The first kappa shape index (κ1) is 22.6. The summed E-state index contributed by atoms with van der Waals surface area (Å²) in [4.78, 5) is 0. The Bertz CT molecular complexity index is 798. The molecule has 28 heavy (non-hydrogen) atoms. The molecule has 2 nitrogen and oxygen atoms in total. The minimum atomic E-state index is -3.06. The Balaban J connectivity index is 2.11. The van der Waals surface area contributed by atoms with Gasteiger partial charge in [-0.05, 0) is 0 Å². The highest BCUT2D eigenvalue weighted by atomic mass is 27.2. The van der Waals surface area contributed by atoms with Crippen LogP contribution in [0.2, 0.25) is 5.79 Å². The number of halogens is 10. The Labute approximate surface area is 156 Å². The van der Waals surface area contributed by atoms with E-state index in [2.05, 4.69) is 0 Å². The van der Waals surface area contributed by atoms with E-state index in [1.54, 1.807) is 0 Å². The SMILES string of the molecule is [CH3][Al]([O]Bc1c(F)c(F)c(F)c(F)c1F)[O]Bc1c(F)c(F)c(F)c(F)c1F. The molecule has 15 heteroatoms. The van der Waals surface area contributed by atoms with Crippen LogP contribution in [0.4, 0.5) is 43.9 Å². The Hall–Kier alpha value is -1.68. The van der Waals surface area contributed by atoms with E-state index in [0.717, 1.165) is 5.79 Å². The monoisotopic (exact) mass is 432 g/mol. The molecule has 0 saturated carbocycles. The van der Waals surface area contributed by atoms with Gasteiger partial charge in [-0.3, -0.25) is 0 Å². The van der Waals surface area contributed by atoms with Crippen molar-refractivity contribution < 1.29 is 51.3 Å². The summed E-state index contributed by atoms with van der Waals surface area (Å²) in [7, 11) is -2.29. The number of benzene rings is 2. The van der Waals surface area contributed by atoms with E-state index in [1.165, 1.54) is 0 Å². The third kappa shape index (κ3) is 4.17. The molecule has 0 aliphatic heterocycles. The van der Waals surface area contributed by atoms with Crippen molar-refractivity contribution in [2.45, 2.75) is 5.79 Å². The molecule has 0 atom stereocenters. The molecule has 0 radical (unpaired) electrons. The van der Waals surface area contributed by atoms with Crippen molar-refractivity contribution in [2.24, 2.45) is 0 Å². The Morgan fingerprint density at radius 1 is 0.464 bits per heavy atom. The Morgan fingerprint density at radius 2 is 0.679 bits per heavy atom. The van der Waals surface area contributed by atoms with Gasteiger partial charge in [0.15, 0.2) is 58.2 Å². The van der Waals surface area contributed by atoms with Crippen LogP contribution in [0.1, 0.15) is 0 Å². The summed E-state index contributed by atoms with van der Waals surface area (Å²) >= 11 is -3.06.